The van der Waals surface area contributed by atoms with Crippen LogP contribution in [0.2, 0.25) is 0 Å². The predicted molar refractivity (Wildman–Crippen MR) is 51.6 cm³/mol. The zero-order valence-corrected chi connectivity index (χ0v) is 8.24. The van der Waals surface area contributed by atoms with E-state index in [0.717, 1.165) is 16.9 Å². The molecule has 1 aromatic rings. The van der Waals surface area contributed by atoms with E-state index >= 15 is 0 Å². The molecule has 1 heterocycles. The van der Waals surface area contributed by atoms with Gasteiger partial charge in [-0.3, -0.25) is 0 Å². The molecule has 0 amide bonds. The Balaban J connectivity index is 2.31. The number of nitrogens with zero attached hydrogens (tertiary/aromatic N) is 2. The Morgan fingerprint density at radius 2 is 2.42 bits per heavy atom. The minimum atomic E-state index is 0.731. The molecular weight excluding hydrogens is 172 g/mol. The average Bonchev–Trinajstić information content (AvgIpc) is 2.53. The van der Waals surface area contributed by atoms with E-state index in [1.54, 1.807) is 11.8 Å². The summed E-state index contributed by atoms with van der Waals surface area (Å²) in [5.41, 5.74) is 0. The number of rotatable bonds is 5. The molecule has 0 fully saturated rings. The molecule has 1 aromatic heterocycles. The first-order chi connectivity index (χ1) is 5.86. The zero-order chi connectivity index (χ0) is 8.81. The smallest absolute Gasteiger partial charge is 0.219 e. The van der Waals surface area contributed by atoms with Crippen molar-refractivity contribution in [1.29, 1.82) is 0 Å². The number of unbranched alkanes of at least 4 members (excludes halogenated alkanes) is 1. The number of nitrogens with one attached hydrogen (secondary N) is 2. The first-order valence-corrected chi connectivity index (χ1v) is 5.08. The second-order valence-electron chi connectivity index (χ2n) is 2.42. The van der Waals surface area contributed by atoms with E-state index in [9.17, 15) is 0 Å². The Morgan fingerprint density at radius 1 is 1.58 bits per heavy atom. The van der Waals surface area contributed by atoms with Crippen molar-refractivity contribution >= 4 is 17.7 Å². The van der Waals surface area contributed by atoms with E-state index in [4.69, 9.17) is 0 Å². The predicted octanol–water partition coefficient (Wildman–Crippen LogP) is 1.74. The topological polar surface area (TPSA) is 53.6 Å². The molecule has 12 heavy (non-hydrogen) atoms. The molecule has 0 aliphatic heterocycles. The lowest BCUT2D eigenvalue weighted by atomic mass is 10.4. The molecule has 0 bridgehead atoms. The highest BCUT2D eigenvalue weighted by Gasteiger charge is 2.00. The van der Waals surface area contributed by atoms with Crippen molar-refractivity contribution in [1.82, 2.24) is 15.2 Å². The molecule has 2 N–H and O–H groups in total. The van der Waals surface area contributed by atoms with Crippen molar-refractivity contribution in [2.45, 2.75) is 24.9 Å². The van der Waals surface area contributed by atoms with Crippen LogP contribution >= 0.6 is 11.8 Å². The van der Waals surface area contributed by atoms with Crippen LogP contribution in [0.1, 0.15) is 19.8 Å². The third kappa shape index (κ3) is 2.73. The molecule has 0 aliphatic rings. The van der Waals surface area contributed by atoms with Gasteiger partial charge in [-0.2, -0.15) is 4.98 Å². The second-order valence-corrected chi connectivity index (χ2v) is 3.48. The van der Waals surface area contributed by atoms with Crippen LogP contribution in [0, 0.1) is 0 Å². The van der Waals surface area contributed by atoms with Gasteiger partial charge in [0.15, 0.2) is 0 Å². The molecular formula is C7H14N4S. The average molecular weight is 186 g/mol. The molecule has 68 valence electrons. The summed E-state index contributed by atoms with van der Waals surface area (Å²) in [7, 11) is 1.82. The highest BCUT2D eigenvalue weighted by molar-refractivity contribution is 7.99. The fraction of sp³-hybridized carbons (Fsp3) is 0.714. The van der Waals surface area contributed by atoms with Crippen molar-refractivity contribution in [3.05, 3.63) is 0 Å². The summed E-state index contributed by atoms with van der Waals surface area (Å²) in [4.78, 5) is 4.19. The van der Waals surface area contributed by atoms with Gasteiger partial charge in [0.25, 0.3) is 0 Å². The molecule has 0 atom stereocenters. The maximum atomic E-state index is 4.19. The molecule has 0 unspecified atom stereocenters. The van der Waals surface area contributed by atoms with Crippen LogP contribution in [0.5, 0.6) is 0 Å². The summed E-state index contributed by atoms with van der Waals surface area (Å²) in [6.07, 6.45) is 2.43. The van der Waals surface area contributed by atoms with Crippen LogP contribution in [-0.4, -0.2) is 28.0 Å². The Bertz CT molecular complexity index is 223. The first-order valence-electron chi connectivity index (χ1n) is 4.09. The lowest BCUT2D eigenvalue weighted by Crippen LogP contribution is -1.88. The van der Waals surface area contributed by atoms with Gasteiger partial charge >= 0.3 is 0 Å². The largest absolute Gasteiger partial charge is 0.358 e. The molecule has 0 aromatic carbocycles. The normalized spacial score (nSPS) is 10.2. The minimum absolute atomic E-state index is 0.731. The first kappa shape index (κ1) is 9.38. The lowest BCUT2D eigenvalue weighted by molar-refractivity contribution is 0.889. The monoisotopic (exact) mass is 186 g/mol. The molecule has 0 aliphatic carbocycles. The van der Waals surface area contributed by atoms with Gasteiger partial charge in [-0.15, -0.1) is 5.10 Å². The third-order valence-corrected chi connectivity index (χ3v) is 2.36. The molecule has 0 saturated carbocycles. The van der Waals surface area contributed by atoms with Crippen LogP contribution in [0.4, 0.5) is 5.95 Å². The third-order valence-electron chi connectivity index (χ3n) is 1.43. The highest BCUT2D eigenvalue weighted by Crippen LogP contribution is 2.14. The SMILES string of the molecule is CCCCSc1n[nH]c(NC)n1. The minimum Gasteiger partial charge on any atom is -0.358 e. The van der Waals surface area contributed by atoms with Crippen LogP contribution in [0.3, 0.4) is 0 Å². The maximum Gasteiger partial charge on any atom is 0.219 e. The molecule has 0 radical (unpaired) electrons. The summed E-state index contributed by atoms with van der Waals surface area (Å²) in [5.74, 6) is 1.83. The Morgan fingerprint density at radius 3 is 3.00 bits per heavy atom. The van der Waals surface area contributed by atoms with Crippen molar-refractivity contribution in [3.8, 4) is 0 Å². The van der Waals surface area contributed by atoms with Crippen molar-refractivity contribution in [2.75, 3.05) is 18.1 Å². The standard InChI is InChI=1S/C7H14N4S/c1-3-4-5-12-7-9-6(8-2)10-11-7/h3-5H2,1-2H3,(H2,8,9,10,11). The summed E-state index contributed by atoms with van der Waals surface area (Å²) >= 11 is 1.69. The van der Waals surface area contributed by atoms with Gasteiger partial charge in [0, 0.05) is 12.8 Å². The summed E-state index contributed by atoms with van der Waals surface area (Å²) < 4.78 is 0. The van der Waals surface area contributed by atoms with Gasteiger partial charge in [0.1, 0.15) is 0 Å². The molecule has 4 nitrogen and oxygen atoms in total. The van der Waals surface area contributed by atoms with Gasteiger partial charge in [0.2, 0.25) is 11.1 Å². The number of H-pyrrole nitrogens is 1. The van der Waals surface area contributed by atoms with E-state index in [0.29, 0.717) is 0 Å². The van der Waals surface area contributed by atoms with Crippen LogP contribution in [-0.2, 0) is 0 Å². The van der Waals surface area contributed by atoms with E-state index < -0.39 is 0 Å². The van der Waals surface area contributed by atoms with Gasteiger partial charge < -0.3 is 5.32 Å². The molecule has 1 rings (SSSR count). The van der Waals surface area contributed by atoms with Crippen LogP contribution < -0.4 is 5.32 Å². The van der Waals surface area contributed by atoms with Crippen LogP contribution in [0.25, 0.3) is 0 Å². The fourth-order valence-electron chi connectivity index (χ4n) is 0.731. The highest BCUT2D eigenvalue weighted by atomic mass is 32.2. The molecule has 0 spiro atoms. The zero-order valence-electron chi connectivity index (χ0n) is 7.42. The Kier molecular flexibility index (Phi) is 3.93. The lowest BCUT2D eigenvalue weighted by Gasteiger charge is -1.92. The quantitative estimate of drug-likeness (QED) is 0.543. The van der Waals surface area contributed by atoms with Gasteiger partial charge in [-0.25, -0.2) is 5.10 Å². The number of aromatic nitrogens is 3. The number of thioether (sulfide) groups is 1. The second kappa shape index (κ2) is 5.03. The number of anilines is 1. The number of hydrogen-bond donors (Lipinski definition) is 2. The van der Waals surface area contributed by atoms with Gasteiger partial charge in [-0.1, -0.05) is 25.1 Å². The van der Waals surface area contributed by atoms with Gasteiger partial charge in [0.05, 0.1) is 0 Å². The van der Waals surface area contributed by atoms with Crippen molar-refractivity contribution in [3.63, 3.8) is 0 Å². The Labute approximate surface area is 76.5 Å². The van der Waals surface area contributed by atoms with Crippen molar-refractivity contribution in [2.24, 2.45) is 0 Å². The maximum absolute atomic E-state index is 4.19. The Hall–Kier alpha value is -0.710. The van der Waals surface area contributed by atoms with Crippen LogP contribution in [0.15, 0.2) is 5.16 Å². The fourth-order valence-corrected chi connectivity index (χ4v) is 1.61. The van der Waals surface area contributed by atoms with E-state index in [2.05, 4.69) is 27.4 Å². The molecule has 5 heteroatoms. The number of aromatic amines is 1. The summed E-state index contributed by atoms with van der Waals surface area (Å²) in [6, 6.07) is 0. The number of hydrogen-bond acceptors (Lipinski definition) is 4. The molecule has 0 saturated heterocycles. The van der Waals surface area contributed by atoms with Gasteiger partial charge in [-0.05, 0) is 6.42 Å². The summed E-state index contributed by atoms with van der Waals surface area (Å²) in [6.45, 7) is 2.18. The van der Waals surface area contributed by atoms with E-state index in [1.165, 1.54) is 12.8 Å². The van der Waals surface area contributed by atoms with E-state index in [-0.39, 0.29) is 0 Å². The van der Waals surface area contributed by atoms with E-state index in [1.807, 2.05) is 7.05 Å². The van der Waals surface area contributed by atoms with Crippen molar-refractivity contribution < 1.29 is 0 Å². The summed E-state index contributed by atoms with van der Waals surface area (Å²) in [5, 5.41) is 10.5.